The molecule has 0 bridgehead atoms. The maximum atomic E-state index is 6.10. The minimum Gasteiger partial charge on any atom is -0.382 e. The number of aryl methyl sites for hydroxylation is 4. The van der Waals surface area contributed by atoms with Crippen LogP contribution in [-0.2, 0) is 7.05 Å². The zero-order chi connectivity index (χ0) is 20.3. The maximum absolute atomic E-state index is 6.10. The first kappa shape index (κ1) is 21.2. The highest BCUT2D eigenvalue weighted by molar-refractivity contribution is 9.10. The number of anilines is 1. The van der Waals surface area contributed by atoms with Gasteiger partial charge in [0.05, 0.1) is 39.3 Å². The lowest BCUT2D eigenvalue weighted by molar-refractivity contribution is 0.783. The van der Waals surface area contributed by atoms with Gasteiger partial charge in [-0.15, -0.1) is 0 Å². The van der Waals surface area contributed by atoms with E-state index >= 15 is 0 Å². The summed E-state index contributed by atoms with van der Waals surface area (Å²) in [5.41, 5.74) is 10.4. The molecule has 144 valence electrons. The molecule has 4 aromatic rings. The van der Waals surface area contributed by atoms with Gasteiger partial charge in [0.25, 0.3) is 0 Å². The number of hydrogen-bond acceptors (Lipinski definition) is 4. The lowest BCUT2D eigenvalue weighted by Crippen LogP contribution is -1.95. The van der Waals surface area contributed by atoms with Crippen molar-refractivity contribution in [3.63, 3.8) is 0 Å². The summed E-state index contributed by atoms with van der Waals surface area (Å²) in [5, 5.41) is 10.2. The zero-order valence-corrected chi connectivity index (χ0v) is 18.7. The first-order valence-corrected chi connectivity index (χ1v) is 9.81. The molecule has 0 spiro atoms. The third-order valence-electron chi connectivity index (χ3n) is 3.82. The number of nitrogen functional groups attached to an aromatic ring is 1. The molecule has 2 N–H and O–H groups in total. The highest BCUT2D eigenvalue weighted by atomic mass is 79.9. The molecular weight excluding hydrogens is 428 g/mol. The molecule has 6 nitrogen and oxygen atoms in total. The van der Waals surface area contributed by atoms with Crippen LogP contribution in [-0.4, -0.2) is 24.4 Å². The minimum atomic E-state index is 0.533. The van der Waals surface area contributed by atoms with E-state index in [-0.39, 0.29) is 0 Å². The fraction of sp³-hybridized carbons (Fsp3) is 0.316. The molecule has 3 aromatic heterocycles. The van der Waals surface area contributed by atoms with E-state index in [2.05, 4.69) is 31.1 Å². The molecule has 4 rings (SSSR count). The molecule has 8 heteroatoms. The van der Waals surface area contributed by atoms with E-state index in [4.69, 9.17) is 17.3 Å². The fourth-order valence-corrected chi connectivity index (χ4v) is 3.74. The lowest BCUT2D eigenvalue weighted by atomic mass is 10.2. The van der Waals surface area contributed by atoms with Gasteiger partial charge in [0.1, 0.15) is 5.82 Å². The van der Waals surface area contributed by atoms with Gasteiger partial charge in [0, 0.05) is 23.0 Å². The summed E-state index contributed by atoms with van der Waals surface area (Å²) in [7, 11) is 1.91. The van der Waals surface area contributed by atoms with Crippen molar-refractivity contribution in [2.24, 2.45) is 7.05 Å². The average Bonchev–Trinajstić information content (AvgIpc) is 3.09. The molecule has 0 saturated heterocycles. The third-order valence-corrected chi connectivity index (χ3v) is 4.58. The number of benzene rings is 1. The van der Waals surface area contributed by atoms with Crippen molar-refractivity contribution < 1.29 is 0 Å². The Hall–Kier alpha value is -2.12. The number of halogens is 2. The molecule has 0 unspecified atom stereocenters. The Morgan fingerprint density at radius 1 is 1.00 bits per heavy atom. The normalized spacial score (nSPS) is 10.4. The van der Waals surface area contributed by atoms with E-state index in [1.54, 1.807) is 4.52 Å². The molecule has 0 aliphatic heterocycles. The molecule has 0 aliphatic rings. The molecule has 0 amide bonds. The topological polar surface area (TPSA) is 74.0 Å². The van der Waals surface area contributed by atoms with Crippen LogP contribution in [0.3, 0.4) is 0 Å². The molecule has 27 heavy (non-hydrogen) atoms. The SMILES string of the molecule is CC.Cc1cn2nc(N)cc2c(C)n1.Cc1nn(C)c2cc(Br)cc(Cl)c12. The second kappa shape index (κ2) is 8.71. The standard InChI is InChI=1S/C9H8BrClN2.C8H10N4.C2H6/c1-5-9-7(11)3-6(10)4-8(9)13(2)12-5;1-5-4-12-7(6(2)10-5)3-8(9)11-12;1-2/h3-4H,1-2H3;3-4H,1-2H3,(H2,9,11);1-2H3. The summed E-state index contributed by atoms with van der Waals surface area (Å²) >= 11 is 9.50. The van der Waals surface area contributed by atoms with Gasteiger partial charge in [-0.2, -0.15) is 10.2 Å². The van der Waals surface area contributed by atoms with Gasteiger partial charge in [-0.05, 0) is 32.9 Å². The first-order chi connectivity index (χ1) is 12.8. The van der Waals surface area contributed by atoms with E-state index in [9.17, 15) is 0 Å². The molecule has 0 saturated carbocycles. The Morgan fingerprint density at radius 3 is 2.33 bits per heavy atom. The van der Waals surface area contributed by atoms with Crippen molar-refractivity contribution >= 4 is 49.8 Å². The number of rotatable bonds is 0. The van der Waals surface area contributed by atoms with E-state index in [0.29, 0.717) is 5.82 Å². The van der Waals surface area contributed by atoms with Crippen LogP contribution in [0.4, 0.5) is 5.82 Å². The van der Waals surface area contributed by atoms with Crippen LogP contribution in [0, 0.1) is 20.8 Å². The van der Waals surface area contributed by atoms with Gasteiger partial charge in [0.15, 0.2) is 0 Å². The Bertz CT molecular complexity index is 1080. The molecule has 0 aliphatic carbocycles. The summed E-state index contributed by atoms with van der Waals surface area (Å²) in [6.07, 6.45) is 1.86. The van der Waals surface area contributed by atoms with Crippen molar-refractivity contribution in [2.75, 3.05) is 5.73 Å². The molecule has 0 fully saturated rings. The molecule has 1 aromatic carbocycles. The van der Waals surface area contributed by atoms with Crippen LogP contribution in [0.25, 0.3) is 16.4 Å². The van der Waals surface area contributed by atoms with Crippen LogP contribution < -0.4 is 5.73 Å². The highest BCUT2D eigenvalue weighted by Gasteiger charge is 2.09. The smallest absolute Gasteiger partial charge is 0.146 e. The van der Waals surface area contributed by atoms with Crippen LogP contribution in [0.15, 0.2) is 28.9 Å². The highest BCUT2D eigenvalue weighted by Crippen LogP contribution is 2.29. The number of hydrogen-bond donors (Lipinski definition) is 1. The van der Waals surface area contributed by atoms with Crippen molar-refractivity contribution in [1.82, 2.24) is 24.4 Å². The van der Waals surface area contributed by atoms with Gasteiger partial charge < -0.3 is 5.73 Å². The van der Waals surface area contributed by atoms with Crippen molar-refractivity contribution in [3.05, 3.63) is 51.0 Å². The van der Waals surface area contributed by atoms with Crippen molar-refractivity contribution in [2.45, 2.75) is 34.6 Å². The largest absolute Gasteiger partial charge is 0.382 e. The average molecular weight is 452 g/mol. The Morgan fingerprint density at radius 2 is 1.67 bits per heavy atom. The quantitative estimate of drug-likeness (QED) is 0.396. The molecule has 3 heterocycles. The van der Waals surface area contributed by atoms with E-state index in [1.165, 1.54) is 0 Å². The van der Waals surface area contributed by atoms with Crippen molar-refractivity contribution in [3.8, 4) is 0 Å². The second-order valence-electron chi connectivity index (χ2n) is 5.86. The van der Waals surface area contributed by atoms with Crippen LogP contribution >= 0.6 is 27.5 Å². The van der Waals surface area contributed by atoms with E-state index in [1.807, 2.05) is 70.7 Å². The number of fused-ring (bicyclic) bond motifs is 2. The number of nitrogens with two attached hydrogens (primary N) is 1. The van der Waals surface area contributed by atoms with E-state index < -0.39 is 0 Å². The van der Waals surface area contributed by atoms with Gasteiger partial charge in [-0.1, -0.05) is 41.4 Å². The molecule has 0 radical (unpaired) electrons. The van der Waals surface area contributed by atoms with Gasteiger partial charge in [0.2, 0.25) is 0 Å². The maximum Gasteiger partial charge on any atom is 0.146 e. The fourth-order valence-electron chi connectivity index (χ4n) is 2.81. The van der Waals surface area contributed by atoms with Crippen LogP contribution in [0.1, 0.15) is 30.9 Å². The van der Waals surface area contributed by atoms with Crippen LogP contribution in [0.2, 0.25) is 5.02 Å². The van der Waals surface area contributed by atoms with Crippen LogP contribution in [0.5, 0.6) is 0 Å². The molecule has 0 atom stereocenters. The Kier molecular flexibility index (Phi) is 6.84. The Labute approximate surface area is 172 Å². The summed E-state index contributed by atoms with van der Waals surface area (Å²) in [6.45, 7) is 9.84. The third kappa shape index (κ3) is 4.59. The van der Waals surface area contributed by atoms with Gasteiger partial charge in [-0.25, -0.2) is 4.52 Å². The van der Waals surface area contributed by atoms with Gasteiger partial charge in [-0.3, -0.25) is 9.67 Å². The van der Waals surface area contributed by atoms with E-state index in [0.717, 1.165) is 43.0 Å². The monoisotopic (exact) mass is 450 g/mol. The second-order valence-corrected chi connectivity index (χ2v) is 7.18. The van der Waals surface area contributed by atoms with Crippen molar-refractivity contribution in [1.29, 1.82) is 0 Å². The summed E-state index contributed by atoms with van der Waals surface area (Å²) < 4.78 is 4.57. The number of aromatic nitrogens is 5. The lowest BCUT2D eigenvalue weighted by Gasteiger charge is -1.97. The predicted molar refractivity (Wildman–Crippen MR) is 116 cm³/mol. The summed E-state index contributed by atoms with van der Waals surface area (Å²) in [6, 6.07) is 5.72. The molecular formula is C19H24BrClN6. The first-order valence-electron chi connectivity index (χ1n) is 8.63. The van der Waals surface area contributed by atoms with Gasteiger partial charge >= 0.3 is 0 Å². The number of nitrogens with zero attached hydrogens (tertiary/aromatic N) is 5. The minimum absolute atomic E-state index is 0.533. The summed E-state index contributed by atoms with van der Waals surface area (Å²) in [4.78, 5) is 4.30. The zero-order valence-electron chi connectivity index (χ0n) is 16.4. The predicted octanol–water partition coefficient (Wildman–Crippen LogP) is 5.25. The summed E-state index contributed by atoms with van der Waals surface area (Å²) in [5.74, 6) is 0.533. The Balaban J connectivity index is 0.000000178.